The summed E-state index contributed by atoms with van der Waals surface area (Å²) in [6.45, 7) is 0. The number of hydrogen-bond acceptors (Lipinski definition) is 2. The van der Waals surface area contributed by atoms with Crippen molar-refractivity contribution in [1.82, 2.24) is 0 Å². The molecule has 1 heterocycles. The van der Waals surface area contributed by atoms with Crippen molar-refractivity contribution in [2.45, 2.75) is 0 Å². The minimum atomic E-state index is -1.02. The van der Waals surface area contributed by atoms with E-state index in [1.165, 1.54) is 12.4 Å². The van der Waals surface area contributed by atoms with Crippen LogP contribution in [0.15, 0.2) is 73.1 Å². The molecule has 3 aromatic rings. The van der Waals surface area contributed by atoms with Crippen LogP contribution in [0.2, 0.25) is 0 Å². The van der Waals surface area contributed by atoms with Crippen molar-refractivity contribution in [1.29, 1.82) is 0 Å². The fourth-order valence-electron chi connectivity index (χ4n) is 2.39. The number of carboxylic acids is 1. The molecule has 0 unspecified atom stereocenters. The standard InChI is InChI=1S/C18H13NO3/c20-18(21)16-9-8-14(13-5-2-1-3-6-13)11-17(16)15-7-4-10-19(22)12-15/h1-12H,(H,20,21). The van der Waals surface area contributed by atoms with E-state index in [0.717, 1.165) is 11.1 Å². The number of aromatic nitrogens is 1. The molecule has 0 bridgehead atoms. The SMILES string of the molecule is O=C(O)c1ccc(-c2ccccc2)cc1-c1ccc[n+]([O-])c1. The first-order valence-corrected chi connectivity index (χ1v) is 6.77. The molecule has 22 heavy (non-hydrogen) atoms. The summed E-state index contributed by atoms with van der Waals surface area (Å²) < 4.78 is 0.663. The van der Waals surface area contributed by atoms with E-state index in [9.17, 15) is 15.1 Å². The molecule has 108 valence electrons. The largest absolute Gasteiger partial charge is 0.619 e. The van der Waals surface area contributed by atoms with Gasteiger partial charge in [-0.3, -0.25) is 0 Å². The van der Waals surface area contributed by atoms with Crippen LogP contribution in [0.25, 0.3) is 22.3 Å². The average molecular weight is 291 g/mol. The van der Waals surface area contributed by atoms with Crippen molar-refractivity contribution in [3.8, 4) is 22.3 Å². The fourth-order valence-corrected chi connectivity index (χ4v) is 2.39. The molecule has 1 N–H and O–H groups in total. The van der Waals surface area contributed by atoms with Gasteiger partial charge in [-0.25, -0.2) is 4.79 Å². The van der Waals surface area contributed by atoms with E-state index in [0.29, 0.717) is 15.9 Å². The zero-order valence-electron chi connectivity index (χ0n) is 11.6. The molecule has 3 rings (SSSR count). The average Bonchev–Trinajstić information content (AvgIpc) is 2.55. The highest BCUT2D eigenvalue weighted by molar-refractivity contribution is 5.97. The Morgan fingerprint density at radius 3 is 2.32 bits per heavy atom. The van der Waals surface area contributed by atoms with Crippen LogP contribution in [0.1, 0.15) is 10.4 Å². The van der Waals surface area contributed by atoms with Crippen molar-refractivity contribution in [2.24, 2.45) is 0 Å². The number of nitrogens with zero attached hydrogens (tertiary/aromatic N) is 1. The molecule has 0 aliphatic heterocycles. The Kier molecular flexibility index (Phi) is 3.58. The van der Waals surface area contributed by atoms with Gasteiger partial charge in [0.25, 0.3) is 0 Å². The summed E-state index contributed by atoms with van der Waals surface area (Å²) in [6.07, 6.45) is 2.74. The third-order valence-corrected chi connectivity index (χ3v) is 3.44. The maximum absolute atomic E-state index is 11.5. The zero-order chi connectivity index (χ0) is 15.5. The van der Waals surface area contributed by atoms with E-state index in [2.05, 4.69) is 0 Å². The van der Waals surface area contributed by atoms with Gasteiger partial charge >= 0.3 is 5.97 Å². The van der Waals surface area contributed by atoms with Crippen LogP contribution in [0, 0.1) is 5.21 Å². The van der Waals surface area contributed by atoms with Gasteiger partial charge in [-0.2, -0.15) is 4.73 Å². The second kappa shape index (κ2) is 5.69. The minimum Gasteiger partial charge on any atom is -0.619 e. The van der Waals surface area contributed by atoms with E-state index in [-0.39, 0.29) is 5.56 Å². The predicted octanol–water partition coefficient (Wildman–Crippen LogP) is 3.35. The second-order valence-electron chi connectivity index (χ2n) is 4.88. The van der Waals surface area contributed by atoms with E-state index in [4.69, 9.17) is 0 Å². The smallest absolute Gasteiger partial charge is 0.336 e. The van der Waals surface area contributed by atoms with Gasteiger partial charge in [0.2, 0.25) is 0 Å². The van der Waals surface area contributed by atoms with Crippen LogP contribution in [0.5, 0.6) is 0 Å². The molecule has 0 fully saturated rings. The zero-order valence-corrected chi connectivity index (χ0v) is 11.6. The van der Waals surface area contributed by atoms with E-state index >= 15 is 0 Å². The lowest BCUT2D eigenvalue weighted by Crippen LogP contribution is -2.24. The highest BCUT2D eigenvalue weighted by Crippen LogP contribution is 2.29. The summed E-state index contributed by atoms with van der Waals surface area (Å²) in [5.41, 5.74) is 3.17. The summed E-state index contributed by atoms with van der Waals surface area (Å²) >= 11 is 0. The van der Waals surface area contributed by atoms with E-state index < -0.39 is 5.97 Å². The number of benzene rings is 2. The molecule has 0 amide bonds. The van der Waals surface area contributed by atoms with Crippen LogP contribution in [-0.4, -0.2) is 11.1 Å². The molecular formula is C18H13NO3. The second-order valence-corrected chi connectivity index (χ2v) is 4.88. The molecule has 4 heteroatoms. The first kappa shape index (κ1) is 13.8. The van der Waals surface area contributed by atoms with Gasteiger partial charge in [0.05, 0.1) is 5.56 Å². The Balaban J connectivity index is 2.19. The first-order valence-electron chi connectivity index (χ1n) is 6.77. The first-order chi connectivity index (χ1) is 10.6. The van der Waals surface area contributed by atoms with E-state index in [1.54, 1.807) is 30.3 Å². The molecule has 0 aliphatic rings. The molecule has 0 radical (unpaired) electrons. The highest BCUT2D eigenvalue weighted by Gasteiger charge is 2.14. The quantitative estimate of drug-likeness (QED) is 0.594. The summed E-state index contributed by atoms with van der Waals surface area (Å²) in [7, 11) is 0. The lowest BCUT2D eigenvalue weighted by Gasteiger charge is -2.09. The normalized spacial score (nSPS) is 10.4. The number of rotatable bonds is 3. The lowest BCUT2D eigenvalue weighted by molar-refractivity contribution is -0.604. The molecule has 0 saturated carbocycles. The molecule has 0 saturated heterocycles. The van der Waals surface area contributed by atoms with Gasteiger partial charge in [-0.1, -0.05) is 36.4 Å². The molecule has 1 aromatic heterocycles. The van der Waals surface area contributed by atoms with Gasteiger partial charge < -0.3 is 10.3 Å². The number of aromatic carboxylic acids is 1. The number of carbonyl (C=O) groups is 1. The van der Waals surface area contributed by atoms with Gasteiger partial charge in [-0.05, 0) is 29.3 Å². The van der Waals surface area contributed by atoms with Crippen LogP contribution in [0.3, 0.4) is 0 Å². The molecule has 0 spiro atoms. The third-order valence-electron chi connectivity index (χ3n) is 3.44. The minimum absolute atomic E-state index is 0.172. The van der Waals surface area contributed by atoms with Crippen LogP contribution in [0.4, 0.5) is 0 Å². The number of pyridine rings is 1. The Morgan fingerprint density at radius 2 is 1.64 bits per heavy atom. The van der Waals surface area contributed by atoms with Crippen molar-refractivity contribution >= 4 is 5.97 Å². The Morgan fingerprint density at radius 1 is 0.909 bits per heavy atom. The van der Waals surface area contributed by atoms with E-state index in [1.807, 2.05) is 30.3 Å². The van der Waals surface area contributed by atoms with Gasteiger partial charge in [0.15, 0.2) is 12.4 Å². The van der Waals surface area contributed by atoms with Crippen molar-refractivity contribution < 1.29 is 14.6 Å². The van der Waals surface area contributed by atoms with Crippen molar-refractivity contribution in [2.75, 3.05) is 0 Å². The number of hydrogen-bond donors (Lipinski definition) is 1. The molecule has 0 aliphatic carbocycles. The summed E-state index contributed by atoms with van der Waals surface area (Å²) in [5.74, 6) is -1.02. The van der Waals surface area contributed by atoms with Gasteiger partial charge in [-0.15, -0.1) is 0 Å². The third kappa shape index (κ3) is 2.67. The Labute approximate surface area is 127 Å². The van der Waals surface area contributed by atoms with Crippen LogP contribution in [-0.2, 0) is 0 Å². The van der Waals surface area contributed by atoms with Crippen molar-refractivity contribution in [3.63, 3.8) is 0 Å². The summed E-state index contributed by atoms with van der Waals surface area (Å²) in [4.78, 5) is 11.4. The highest BCUT2D eigenvalue weighted by atomic mass is 16.5. The molecule has 4 nitrogen and oxygen atoms in total. The monoisotopic (exact) mass is 291 g/mol. The fraction of sp³-hybridized carbons (Fsp3) is 0. The molecule has 2 aromatic carbocycles. The summed E-state index contributed by atoms with van der Waals surface area (Å²) in [5, 5.41) is 20.8. The topological polar surface area (TPSA) is 64.2 Å². The number of carboxylic acid groups (broad SMARTS) is 1. The maximum atomic E-state index is 11.5. The van der Waals surface area contributed by atoms with Gasteiger partial charge in [0, 0.05) is 17.2 Å². The predicted molar refractivity (Wildman–Crippen MR) is 83.2 cm³/mol. The Hall–Kier alpha value is -3.14. The Bertz CT molecular complexity index is 829. The maximum Gasteiger partial charge on any atom is 0.336 e. The molecular weight excluding hydrogens is 278 g/mol. The summed E-state index contributed by atoms with van der Waals surface area (Å²) in [6, 6.07) is 18.2. The van der Waals surface area contributed by atoms with Gasteiger partial charge in [0.1, 0.15) is 0 Å². The lowest BCUT2D eigenvalue weighted by atomic mass is 9.95. The molecule has 0 atom stereocenters. The van der Waals surface area contributed by atoms with Crippen LogP contribution >= 0.6 is 0 Å². The van der Waals surface area contributed by atoms with Crippen molar-refractivity contribution in [3.05, 3.63) is 83.8 Å². The van der Waals surface area contributed by atoms with Crippen LogP contribution < -0.4 is 4.73 Å².